The minimum absolute atomic E-state index is 0.652. The van der Waals surface area contributed by atoms with E-state index in [0.717, 1.165) is 6.54 Å². The number of aliphatic imine (C=N–C) groups is 1. The predicted molar refractivity (Wildman–Crippen MR) is 81.4 cm³/mol. The molecule has 0 aliphatic carbocycles. The van der Waals surface area contributed by atoms with Gasteiger partial charge in [-0.1, -0.05) is 25.6 Å². The van der Waals surface area contributed by atoms with Gasteiger partial charge in [0.25, 0.3) is 0 Å². The molecule has 0 aromatic carbocycles. The van der Waals surface area contributed by atoms with Gasteiger partial charge in [-0.3, -0.25) is 4.99 Å². The summed E-state index contributed by atoms with van der Waals surface area (Å²) in [5.74, 6) is 1.91. The minimum atomic E-state index is 0.652. The number of likely N-dealkylation sites (tertiary alicyclic amines) is 1. The number of hydrogen-bond donors (Lipinski definition) is 1. The summed E-state index contributed by atoms with van der Waals surface area (Å²) >= 11 is 1.89. The number of rotatable bonds is 5. The third-order valence-electron chi connectivity index (χ3n) is 3.84. The smallest absolute Gasteiger partial charge is 0.156 e. The molecule has 2 aliphatic heterocycles. The van der Waals surface area contributed by atoms with Gasteiger partial charge in [-0.15, -0.1) is 0 Å². The van der Waals surface area contributed by atoms with E-state index in [2.05, 4.69) is 24.1 Å². The van der Waals surface area contributed by atoms with Crippen LogP contribution in [-0.4, -0.2) is 48.0 Å². The molecule has 2 heterocycles. The Labute approximate surface area is 116 Å². The van der Waals surface area contributed by atoms with E-state index in [9.17, 15) is 0 Å². The van der Waals surface area contributed by atoms with E-state index in [-0.39, 0.29) is 0 Å². The third kappa shape index (κ3) is 4.47. The van der Waals surface area contributed by atoms with Crippen LogP contribution in [0.5, 0.6) is 0 Å². The zero-order valence-corrected chi connectivity index (χ0v) is 12.6. The normalized spacial score (nSPS) is 29.4. The molecule has 2 fully saturated rings. The average molecular weight is 269 g/mol. The van der Waals surface area contributed by atoms with E-state index in [4.69, 9.17) is 4.99 Å². The molecule has 2 aliphatic rings. The number of nitrogens with one attached hydrogen (secondary N) is 1. The highest BCUT2D eigenvalue weighted by Gasteiger charge is 2.17. The summed E-state index contributed by atoms with van der Waals surface area (Å²) in [6, 6.07) is 0.652. The fourth-order valence-corrected chi connectivity index (χ4v) is 3.70. The van der Waals surface area contributed by atoms with Gasteiger partial charge in [0.15, 0.2) is 5.17 Å². The van der Waals surface area contributed by atoms with Crippen LogP contribution in [0, 0.1) is 5.92 Å². The lowest BCUT2D eigenvalue weighted by Crippen LogP contribution is -2.37. The van der Waals surface area contributed by atoms with Gasteiger partial charge in [-0.25, -0.2) is 0 Å². The Hall–Kier alpha value is -0.220. The van der Waals surface area contributed by atoms with Crippen LogP contribution in [0.15, 0.2) is 4.99 Å². The zero-order chi connectivity index (χ0) is 12.8. The third-order valence-corrected chi connectivity index (χ3v) is 4.80. The maximum absolute atomic E-state index is 4.77. The van der Waals surface area contributed by atoms with Gasteiger partial charge in [0.05, 0.1) is 0 Å². The van der Waals surface area contributed by atoms with Crippen molar-refractivity contribution < 1.29 is 0 Å². The van der Waals surface area contributed by atoms with Crippen molar-refractivity contribution in [3.05, 3.63) is 0 Å². The quantitative estimate of drug-likeness (QED) is 0.831. The van der Waals surface area contributed by atoms with Crippen molar-refractivity contribution in [3.63, 3.8) is 0 Å². The van der Waals surface area contributed by atoms with Gasteiger partial charge >= 0.3 is 0 Å². The summed E-state index contributed by atoms with van der Waals surface area (Å²) in [6.07, 6.45) is 5.26. The number of hydrogen-bond acceptors (Lipinski definition) is 3. The first-order chi connectivity index (χ1) is 8.78. The summed E-state index contributed by atoms with van der Waals surface area (Å²) in [5, 5.41) is 4.73. The fourth-order valence-electron chi connectivity index (χ4n) is 2.69. The molecule has 104 valence electrons. The van der Waals surface area contributed by atoms with E-state index in [1.165, 1.54) is 56.2 Å². The highest BCUT2D eigenvalue weighted by Crippen LogP contribution is 2.16. The Morgan fingerprint density at radius 3 is 2.94 bits per heavy atom. The molecule has 0 spiro atoms. The van der Waals surface area contributed by atoms with Crippen LogP contribution in [-0.2, 0) is 0 Å². The highest BCUT2D eigenvalue weighted by molar-refractivity contribution is 8.13. The molecule has 0 amide bonds. The summed E-state index contributed by atoms with van der Waals surface area (Å²) < 4.78 is 0. The van der Waals surface area contributed by atoms with Gasteiger partial charge in [0, 0.05) is 24.9 Å². The first-order valence-electron chi connectivity index (χ1n) is 7.44. The van der Waals surface area contributed by atoms with E-state index in [0.29, 0.717) is 12.0 Å². The highest BCUT2D eigenvalue weighted by atomic mass is 32.2. The first kappa shape index (κ1) is 14.2. The van der Waals surface area contributed by atoms with Crippen LogP contribution in [0.3, 0.4) is 0 Å². The molecule has 0 aromatic rings. The maximum Gasteiger partial charge on any atom is 0.156 e. The summed E-state index contributed by atoms with van der Waals surface area (Å²) in [5.41, 5.74) is 0. The van der Waals surface area contributed by atoms with Gasteiger partial charge in [-0.2, -0.15) is 0 Å². The predicted octanol–water partition coefficient (Wildman–Crippen LogP) is 2.58. The SMILES string of the molecule is CCC1CCSC(=NCC(C)CN2CCCC2)N1. The van der Waals surface area contributed by atoms with Crippen molar-refractivity contribution in [2.45, 2.75) is 45.6 Å². The van der Waals surface area contributed by atoms with Crippen LogP contribution in [0.2, 0.25) is 0 Å². The van der Waals surface area contributed by atoms with Crippen LogP contribution in [0.4, 0.5) is 0 Å². The van der Waals surface area contributed by atoms with Crippen LogP contribution >= 0.6 is 11.8 Å². The molecule has 2 unspecified atom stereocenters. The average Bonchev–Trinajstić information content (AvgIpc) is 2.89. The molecule has 1 N–H and O–H groups in total. The molecule has 2 atom stereocenters. The zero-order valence-electron chi connectivity index (χ0n) is 11.8. The van der Waals surface area contributed by atoms with Crippen LogP contribution in [0.25, 0.3) is 0 Å². The van der Waals surface area contributed by atoms with Gasteiger partial charge < -0.3 is 10.2 Å². The first-order valence-corrected chi connectivity index (χ1v) is 8.42. The molecule has 0 aromatic heterocycles. The Morgan fingerprint density at radius 2 is 2.22 bits per heavy atom. The second-order valence-corrected chi connectivity index (χ2v) is 6.73. The topological polar surface area (TPSA) is 27.6 Å². The molecular weight excluding hydrogens is 242 g/mol. The Kier molecular flexibility index (Phi) is 5.83. The minimum Gasteiger partial charge on any atom is -0.362 e. The summed E-state index contributed by atoms with van der Waals surface area (Å²) in [6.45, 7) is 9.37. The van der Waals surface area contributed by atoms with Crippen molar-refractivity contribution >= 4 is 16.9 Å². The van der Waals surface area contributed by atoms with Crippen LogP contribution < -0.4 is 5.32 Å². The van der Waals surface area contributed by atoms with Crippen molar-refractivity contribution in [3.8, 4) is 0 Å². The Bertz CT molecular complexity index is 274. The van der Waals surface area contributed by atoms with E-state index in [1.54, 1.807) is 0 Å². The van der Waals surface area contributed by atoms with E-state index >= 15 is 0 Å². The second kappa shape index (κ2) is 7.39. The molecule has 2 saturated heterocycles. The maximum atomic E-state index is 4.77. The molecule has 0 radical (unpaired) electrons. The summed E-state index contributed by atoms with van der Waals surface area (Å²) in [4.78, 5) is 7.35. The van der Waals surface area contributed by atoms with Crippen molar-refractivity contribution in [1.82, 2.24) is 10.2 Å². The molecule has 2 rings (SSSR count). The molecule has 18 heavy (non-hydrogen) atoms. The lowest BCUT2D eigenvalue weighted by Gasteiger charge is -2.25. The standard InChI is InChI=1S/C14H27N3S/c1-3-13-6-9-18-14(16-13)15-10-12(2)11-17-7-4-5-8-17/h12-13H,3-11H2,1-2H3,(H,15,16). The lowest BCUT2D eigenvalue weighted by atomic mass is 10.1. The molecular formula is C14H27N3S. The number of thioether (sulfide) groups is 1. The van der Waals surface area contributed by atoms with Gasteiger partial charge in [-0.05, 0) is 44.7 Å². The molecule has 0 bridgehead atoms. The molecule has 0 saturated carbocycles. The van der Waals surface area contributed by atoms with Crippen molar-refractivity contribution in [1.29, 1.82) is 0 Å². The molecule has 4 heteroatoms. The summed E-state index contributed by atoms with van der Waals surface area (Å²) in [7, 11) is 0. The Balaban J connectivity index is 1.71. The van der Waals surface area contributed by atoms with E-state index in [1.807, 2.05) is 11.8 Å². The monoisotopic (exact) mass is 269 g/mol. The van der Waals surface area contributed by atoms with Gasteiger partial charge in [0.2, 0.25) is 0 Å². The largest absolute Gasteiger partial charge is 0.362 e. The Morgan fingerprint density at radius 1 is 1.44 bits per heavy atom. The van der Waals surface area contributed by atoms with Gasteiger partial charge in [0.1, 0.15) is 0 Å². The number of nitrogens with zero attached hydrogens (tertiary/aromatic N) is 2. The van der Waals surface area contributed by atoms with Crippen molar-refractivity contribution in [2.24, 2.45) is 10.9 Å². The van der Waals surface area contributed by atoms with Crippen LogP contribution in [0.1, 0.15) is 39.5 Å². The molecule has 3 nitrogen and oxygen atoms in total. The second-order valence-electron chi connectivity index (χ2n) is 5.65. The van der Waals surface area contributed by atoms with Crippen molar-refractivity contribution in [2.75, 3.05) is 31.9 Å². The number of amidine groups is 1. The van der Waals surface area contributed by atoms with E-state index < -0.39 is 0 Å². The lowest BCUT2D eigenvalue weighted by molar-refractivity contribution is 0.291. The fraction of sp³-hybridized carbons (Fsp3) is 0.929.